The molecule has 0 aromatic carbocycles. The zero-order valence-corrected chi connectivity index (χ0v) is 15.2. The zero-order valence-electron chi connectivity index (χ0n) is 15.2. The first kappa shape index (κ1) is 15.2. The molecule has 0 saturated heterocycles. The van der Waals surface area contributed by atoms with Gasteiger partial charge < -0.3 is 5.32 Å². The van der Waals surface area contributed by atoms with Crippen molar-refractivity contribution in [3.63, 3.8) is 0 Å². The molecular weight excluding hydrogens is 266 g/mol. The van der Waals surface area contributed by atoms with E-state index in [9.17, 15) is 0 Å². The lowest BCUT2D eigenvalue weighted by Crippen LogP contribution is -2.57. The molecule has 7 atom stereocenters. The van der Waals surface area contributed by atoms with Crippen LogP contribution in [0, 0.1) is 40.9 Å². The van der Waals surface area contributed by atoms with Crippen molar-refractivity contribution in [2.75, 3.05) is 7.05 Å². The van der Waals surface area contributed by atoms with Crippen LogP contribution in [0.3, 0.4) is 0 Å². The molecule has 4 aliphatic rings. The van der Waals surface area contributed by atoms with E-state index >= 15 is 0 Å². The number of hydrogen-bond donors (Lipinski definition) is 0. The molecule has 0 bridgehead atoms. The molecule has 0 heterocycles. The van der Waals surface area contributed by atoms with Crippen molar-refractivity contribution < 1.29 is 0 Å². The summed E-state index contributed by atoms with van der Waals surface area (Å²) in [5, 5.41) is 4.92. The molecule has 3 saturated carbocycles. The predicted octanol–water partition coefficient (Wildman–Crippen LogP) is 5.81. The predicted molar refractivity (Wildman–Crippen MR) is 93.9 cm³/mol. The van der Waals surface area contributed by atoms with Gasteiger partial charge >= 0.3 is 0 Å². The van der Waals surface area contributed by atoms with E-state index in [-0.39, 0.29) is 5.54 Å². The van der Waals surface area contributed by atoms with Gasteiger partial charge in [-0.1, -0.05) is 58.1 Å². The Morgan fingerprint density at radius 2 is 1.95 bits per heavy atom. The van der Waals surface area contributed by atoms with E-state index in [4.69, 9.17) is 5.32 Å². The van der Waals surface area contributed by atoms with Crippen molar-refractivity contribution in [1.82, 2.24) is 0 Å². The molecule has 3 fully saturated rings. The van der Waals surface area contributed by atoms with Gasteiger partial charge in [0.2, 0.25) is 0 Å². The summed E-state index contributed by atoms with van der Waals surface area (Å²) in [6, 6.07) is 0. The Balaban J connectivity index is 1.77. The van der Waals surface area contributed by atoms with E-state index in [0.717, 1.165) is 35.5 Å². The topological polar surface area (TPSA) is 14.1 Å². The lowest BCUT2D eigenvalue weighted by molar-refractivity contribution is -0.0638. The first-order valence-electron chi connectivity index (χ1n) is 9.67. The standard InChI is InChI=1S/C21H34N/c1-13-10-15-12-20(2,3)11-14-6-7-17-19(18(14)15)16(13)8-9-21(17,4)22-5/h11,13,15-19H,6-10,12H2,1-5H3/q-1/t13-,15-,16+,17-,18-,19+,21-/m1/s1. The minimum atomic E-state index is 0.265. The van der Waals surface area contributed by atoms with E-state index in [1.165, 1.54) is 38.5 Å². The van der Waals surface area contributed by atoms with Gasteiger partial charge in [0.1, 0.15) is 0 Å². The van der Waals surface area contributed by atoms with Crippen molar-refractivity contribution in [2.24, 2.45) is 40.9 Å². The Morgan fingerprint density at radius 1 is 1.18 bits per heavy atom. The summed E-state index contributed by atoms with van der Waals surface area (Å²) in [7, 11) is 2.08. The summed E-state index contributed by atoms with van der Waals surface area (Å²) >= 11 is 0. The van der Waals surface area contributed by atoms with Crippen LogP contribution in [0.4, 0.5) is 0 Å². The van der Waals surface area contributed by atoms with E-state index in [1.54, 1.807) is 0 Å². The molecule has 4 aliphatic carbocycles. The monoisotopic (exact) mass is 300 g/mol. The molecule has 0 amide bonds. The maximum absolute atomic E-state index is 4.92. The number of allylic oxidation sites excluding steroid dienone is 2. The third-order valence-corrected chi connectivity index (χ3v) is 8.12. The Hall–Kier alpha value is -0.300. The fourth-order valence-corrected chi connectivity index (χ4v) is 7.28. The lowest BCUT2D eigenvalue weighted by Gasteiger charge is -2.66. The van der Waals surface area contributed by atoms with Crippen molar-refractivity contribution in [1.29, 1.82) is 0 Å². The number of nitrogens with zero attached hydrogens (tertiary/aromatic N) is 1. The fraction of sp³-hybridized carbons (Fsp3) is 0.905. The largest absolute Gasteiger partial charge is 0.659 e. The van der Waals surface area contributed by atoms with Crippen molar-refractivity contribution >= 4 is 0 Å². The Labute approximate surface area is 137 Å². The summed E-state index contributed by atoms with van der Waals surface area (Å²) in [5.41, 5.74) is 2.55. The smallest absolute Gasteiger partial charge is 0.0141 e. The van der Waals surface area contributed by atoms with Crippen LogP contribution in [-0.2, 0) is 0 Å². The molecule has 0 aromatic heterocycles. The van der Waals surface area contributed by atoms with Crippen LogP contribution >= 0.6 is 0 Å². The van der Waals surface area contributed by atoms with Crippen LogP contribution in [0.1, 0.15) is 66.2 Å². The zero-order chi connectivity index (χ0) is 15.7. The second-order valence-electron chi connectivity index (χ2n) is 9.92. The first-order valence-corrected chi connectivity index (χ1v) is 9.67. The molecule has 124 valence electrons. The second kappa shape index (κ2) is 4.85. The van der Waals surface area contributed by atoms with Crippen LogP contribution < -0.4 is 0 Å². The van der Waals surface area contributed by atoms with Gasteiger partial charge in [-0.15, -0.1) is 5.54 Å². The van der Waals surface area contributed by atoms with Gasteiger partial charge in [-0.2, -0.15) is 7.05 Å². The summed E-state index contributed by atoms with van der Waals surface area (Å²) in [6.07, 6.45) is 11.1. The van der Waals surface area contributed by atoms with Crippen LogP contribution in [0.25, 0.3) is 5.32 Å². The summed E-state index contributed by atoms with van der Waals surface area (Å²) < 4.78 is 0. The van der Waals surface area contributed by atoms with Crippen LogP contribution in [-0.4, -0.2) is 12.6 Å². The molecule has 0 aliphatic heterocycles. The van der Waals surface area contributed by atoms with Crippen LogP contribution in [0.5, 0.6) is 0 Å². The van der Waals surface area contributed by atoms with Gasteiger partial charge in [-0.3, -0.25) is 0 Å². The SMILES string of the molecule is C[N-][C@]1(C)CC[C@@H]2[C@@H]3[C@@H]4C(=CC(C)(C)C[C@H]4C[C@H]2C)CC[C@H]31. The highest BCUT2D eigenvalue weighted by molar-refractivity contribution is 5.27. The average Bonchev–Trinajstić information content (AvgIpc) is 2.45. The third kappa shape index (κ3) is 2.07. The van der Waals surface area contributed by atoms with Gasteiger partial charge in [0.05, 0.1) is 0 Å². The molecule has 1 nitrogen and oxygen atoms in total. The molecule has 4 rings (SSSR count). The van der Waals surface area contributed by atoms with E-state index in [0.29, 0.717) is 5.41 Å². The van der Waals surface area contributed by atoms with Gasteiger partial charge in [0, 0.05) is 0 Å². The molecule has 22 heavy (non-hydrogen) atoms. The number of rotatable bonds is 1. The van der Waals surface area contributed by atoms with Gasteiger partial charge in [0.15, 0.2) is 0 Å². The van der Waals surface area contributed by atoms with Crippen molar-refractivity contribution in [2.45, 2.75) is 71.8 Å². The summed E-state index contributed by atoms with van der Waals surface area (Å²) in [6.45, 7) is 9.95. The molecule has 0 spiro atoms. The Morgan fingerprint density at radius 3 is 2.68 bits per heavy atom. The normalized spacial score (nSPS) is 52.7. The van der Waals surface area contributed by atoms with Crippen molar-refractivity contribution in [3.8, 4) is 0 Å². The van der Waals surface area contributed by atoms with E-state index < -0.39 is 0 Å². The quantitative estimate of drug-likeness (QED) is 0.542. The van der Waals surface area contributed by atoms with Crippen LogP contribution in [0.15, 0.2) is 11.6 Å². The molecule has 0 aromatic rings. The third-order valence-electron chi connectivity index (χ3n) is 8.12. The van der Waals surface area contributed by atoms with Crippen molar-refractivity contribution in [3.05, 3.63) is 17.0 Å². The highest BCUT2D eigenvalue weighted by Gasteiger charge is 2.55. The van der Waals surface area contributed by atoms with Crippen LogP contribution in [0.2, 0.25) is 0 Å². The summed E-state index contributed by atoms with van der Waals surface area (Å²) in [4.78, 5) is 0. The highest BCUT2D eigenvalue weighted by Crippen LogP contribution is 2.64. The molecular formula is C21H34N-. The maximum atomic E-state index is 4.92. The number of hydrogen-bond acceptors (Lipinski definition) is 0. The maximum Gasteiger partial charge on any atom is -0.0141 e. The van der Waals surface area contributed by atoms with Gasteiger partial charge in [-0.05, 0) is 60.7 Å². The Bertz CT molecular complexity index is 490. The average molecular weight is 301 g/mol. The molecule has 1 heteroatoms. The molecule has 0 radical (unpaired) electrons. The fourth-order valence-electron chi connectivity index (χ4n) is 7.28. The van der Waals surface area contributed by atoms with Gasteiger partial charge in [-0.25, -0.2) is 0 Å². The van der Waals surface area contributed by atoms with Gasteiger partial charge in [0.25, 0.3) is 0 Å². The summed E-state index contributed by atoms with van der Waals surface area (Å²) in [5.74, 6) is 5.56. The Kier molecular flexibility index (Phi) is 3.36. The minimum Gasteiger partial charge on any atom is -0.659 e. The molecule has 0 N–H and O–H groups in total. The highest BCUT2D eigenvalue weighted by atomic mass is 15.0. The minimum absolute atomic E-state index is 0.265. The lowest BCUT2D eigenvalue weighted by atomic mass is 9.44. The van der Waals surface area contributed by atoms with E-state index in [1.807, 2.05) is 5.57 Å². The second-order valence-corrected chi connectivity index (χ2v) is 9.92. The first-order chi connectivity index (χ1) is 10.3. The van der Waals surface area contributed by atoms with E-state index in [2.05, 4.69) is 40.8 Å². The molecule has 0 unspecified atom stereocenters.